The lowest BCUT2D eigenvalue weighted by molar-refractivity contribution is 0.364. The molecule has 1 atom stereocenters. The summed E-state index contributed by atoms with van der Waals surface area (Å²) in [5, 5.41) is 8.91. The number of halogens is 1. The molecule has 3 rings (SSSR count). The Morgan fingerprint density at radius 1 is 1.25 bits per heavy atom. The third-order valence-corrected chi connectivity index (χ3v) is 4.37. The van der Waals surface area contributed by atoms with Crippen LogP contribution in [0.15, 0.2) is 34.9 Å². The quantitative estimate of drug-likeness (QED) is 0.742. The molecule has 2 aromatic heterocycles. The number of rotatable bonds is 6. The van der Waals surface area contributed by atoms with E-state index in [1.165, 1.54) is 5.56 Å². The van der Waals surface area contributed by atoms with Crippen LogP contribution in [0.4, 0.5) is 0 Å². The number of nitrogens with zero attached hydrogens (tertiary/aromatic N) is 4. The molecule has 6 nitrogen and oxygen atoms in total. The summed E-state index contributed by atoms with van der Waals surface area (Å²) in [6.07, 6.45) is 1.81. The Hall–Kier alpha value is -2.18. The zero-order valence-corrected chi connectivity index (χ0v) is 14.5. The zero-order chi connectivity index (χ0) is 17.1. The van der Waals surface area contributed by atoms with Gasteiger partial charge in [-0.05, 0) is 18.9 Å². The first-order chi connectivity index (χ1) is 11.5. The van der Waals surface area contributed by atoms with Crippen molar-refractivity contribution < 1.29 is 4.52 Å². The van der Waals surface area contributed by atoms with Crippen LogP contribution in [0, 0.1) is 6.92 Å². The lowest BCUT2D eigenvalue weighted by Gasteiger charge is -2.08. The standard InChI is InChI=1S/C17H20ClN5O/c1-11-14(17(18)23(2)21-11)10-15-20-16(24-22-15)9-13(19)8-12-6-4-3-5-7-12/h3-7,13H,8-10,19H2,1-2H3/t13-/m0/s1. The minimum absolute atomic E-state index is 0.0654. The van der Waals surface area contributed by atoms with Gasteiger partial charge in [0.1, 0.15) is 5.15 Å². The van der Waals surface area contributed by atoms with E-state index in [0.29, 0.717) is 29.7 Å². The molecule has 0 bridgehead atoms. The van der Waals surface area contributed by atoms with E-state index in [4.69, 9.17) is 21.9 Å². The number of aryl methyl sites for hydroxylation is 2. The van der Waals surface area contributed by atoms with Gasteiger partial charge in [0.15, 0.2) is 5.82 Å². The number of nitrogens with two attached hydrogens (primary N) is 1. The lowest BCUT2D eigenvalue weighted by Crippen LogP contribution is -2.25. The number of hydrogen-bond donors (Lipinski definition) is 1. The van der Waals surface area contributed by atoms with E-state index >= 15 is 0 Å². The average molecular weight is 346 g/mol. The Morgan fingerprint density at radius 2 is 2.00 bits per heavy atom. The van der Waals surface area contributed by atoms with Crippen molar-refractivity contribution in [1.29, 1.82) is 0 Å². The summed E-state index contributed by atoms with van der Waals surface area (Å²) in [4.78, 5) is 4.43. The maximum Gasteiger partial charge on any atom is 0.228 e. The first kappa shape index (κ1) is 16.7. The molecular formula is C17H20ClN5O. The Morgan fingerprint density at radius 3 is 2.67 bits per heavy atom. The Balaban J connectivity index is 1.63. The monoisotopic (exact) mass is 345 g/mol. The molecule has 2 heterocycles. The highest BCUT2D eigenvalue weighted by Crippen LogP contribution is 2.21. The van der Waals surface area contributed by atoms with Crippen LogP contribution in [-0.4, -0.2) is 26.0 Å². The molecule has 0 amide bonds. The molecule has 7 heteroatoms. The fourth-order valence-electron chi connectivity index (χ4n) is 2.69. The summed E-state index contributed by atoms with van der Waals surface area (Å²) in [5.74, 6) is 1.14. The Labute approximate surface area is 145 Å². The molecular weight excluding hydrogens is 326 g/mol. The van der Waals surface area contributed by atoms with Gasteiger partial charge in [0.25, 0.3) is 0 Å². The van der Waals surface area contributed by atoms with Crippen LogP contribution < -0.4 is 5.73 Å². The van der Waals surface area contributed by atoms with Crippen molar-refractivity contribution in [2.75, 3.05) is 0 Å². The molecule has 0 fully saturated rings. The van der Waals surface area contributed by atoms with Crippen molar-refractivity contribution in [3.8, 4) is 0 Å². The van der Waals surface area contributed by atoms with Crippen molar-refractivity contribution in [2.45, 2.75) is 32.2 Å². The fraction of sp³-hybridized carbons (Fsp3) is 0.353. The van der Waals surface area contributed by atoms with Crippen molar-refractivity contribution in [3.05, 3.63) is 64.0 Å². The van der Waals surface area contributed by atoms with E-state index in [1.807, 2.05) is 32.2 Å². The first-order valence-corrected chi connectivity index (χ1v) is 8.19. The number of hydrogen-bond acceptors (Lipinski definition) is 5. The largest absolute Gasteiger partial charge is 0.339 e. The first-order valence-electron chi connectivity index (χ1n) is 7.82. The third-order valence-electron chi connectivity index (χ3n) is 3.89. The van der Waals surface area contributed by atoms with E-state index in [-0.39, 0.29) is 6.04 Å². The van der Waals surface area contributed by atoms with Gasteiger partial charge in [-0.3, -0.25) is 4.68 Å². The summed E-state index contributed by atoms with van der Waals surface area (Å²) < 4.78 is 6.96. The van der Waals surface area contributed by atoms with Crippen molar-refractivity contribution >= 4 is 11.6 Å². The maximum absolute atomic E-state index is 6.24. The summed E-state index contributed by atoms with van der Waals surface area (Å²) in [6.45, 7) is 1.91. The van der Waals surface area contributed by atoms with E-state index in [1.54, 1.807) is 4.68 Å². The lowest BCUT2D eigenvalue weighted by atomic mass is 10.0. The van der Waals surface area contributed by atoms with Gasteiger partial charge in [-0.2, -0.15) is 10.1 Å². The molecule has 0 spiro atoms. The molecule has 1 aromatic carbocycles. The van der Waals surface area contributed by atoms with E-state index < -0.39 is 0 Å². The third kappa shape index (κ3) is 3.83. The van der Waals surface area contributed by atoms with Crippen LogP contribution in [0.2, 0.25) is 5.15 Å². The van der Waals surface area contributed by atoms with E-state index in [9.17, 15) is 0 Å². The van der Waals surface area contributed by atoms with Gasteiger partial charge >= 0.3 is 0 Å². The molecule has 24 heavy (non-hydrogen) atoms. The van der Waals surface area contributed by atoms with E-state index in [2.05, 4.69) is 27.4 Å². The molecule has 0 saturated heterocycles. The molecule has 0 radical (unpaired) electrons. The number of benzene rings is 1. The van der Waals surface area contributed by atoms with Crippen molar-refractivity contribution in [3.63, 3.8) is 0 Å². The topological polar surface area (TPSA) is 82.8 Å². The summed E-state index contributed by atoms with van der Waals surface area (Å²) in [5.41, 5.74) is 9.17. The summed E-state index contributed by atoms with van der Waals surface area (Å²) in [7, 11) is 1.81. The SMILES string of the molecule is Cc1nn(C)c(Cl)c1Cc1noc(C[C@@H](N)Cc2ccccc2)n1. The van der Waals surface area contributed by atoms with Gasteiger partial charge in [-0.25, -0.2) is 0 Å². The summed E-state index contributed by atoms with van der Waals surface area (Å²) >= 11 is 6.24. The minimum Gasteiger partial charge on any atom is -0.339 e. The molecule has 0 aliphatic rings. The molecule has 2 N–H and O–H groups in total. The highest BCUT2D eigenvalue weighted by Gasteiger charge is 2.16. The highest BCUT2D eigenvalue weighted by molar-refractivity contribution is 6.30. The number of aromatic nitrogens is 4. The molecule has 0 aliphatic carbocycles. The average Bonchev–Trinajstić information content (AvgIpc) is 3.08. The van der Waals surface area contributed by atoms with Crippen LogP contribution in [0.25, 0.3) is 0 Å². The molecule has 126 valence electrons. The van der Waals surface area contributed by atoms with Gasteiger partial charge in [-0.15, -0.1) is 0 Å². The molecule has 3 aromatic rings. The van der Waals surface area contributed by atoms with Crippen molar-refractivity contribution in [2.24, 2.45) is 12.8 Å². The predicted molar refractivity (Wildman–Crippen MR) is 91.9 cm³/mol. The van der Waals surface area contributed by atoms with Gasteiger partial charge in [-0.1, -0.05) is 47.1 Å². The van der Waals surface area contributed by atoms with Crippen LogP contribution >= 0.6 is 11.6 Å². The van der Waals surface area contributed by atoms with Crippen molar-refractivity contribution in [1.82, 2.24) is 19.9 Å². The second-order valence-corrected chi connectivity index (χ2v) is 6.27. The van der Waals surface area contributed by atoms with Gasteiger partial charge in [0.05, 0.1) is 5.69 Å². The van der Waals surface area contributed by atoms with Gasteiger partial charge in [0.2, 0.25) is 5.89 Å². The second kappa shape index (κ2) is 7.15. The predicted octanol–water partition coefficient (Wildman–Crippen LogP) is 2.47. The van der Waals surface area contributed by atoms with Crippen LogP contribution in [0.5, 0.6) is 0 Å². The van der Waals surface area contributed by atoms with E-state index in [0.717, 1.165) is 17.7 Å². The van der Waals surface area contributed by atoms with Gasteiger partial charge in [0, 0.05) is 31.5 Å². The fourth-order valence-corrected chi connectivity index (χ4v) is 2.93. The second-order valence-electron chi connectivity index (χ2n) is 5.91. The van der Waals surface area contributed by atoms with Crippen LogP contribution in [0.1, 0.15) is 28.5 Å². The zero-order valence-electron chi connectivity index (χ0n) is 13.7. The van der Waals surface area contributed by atoms with Crippen LogP contribution in [-0.2, 0) is 26.3 Å². The normalized spacial score (nSPS) is 12.5. The summed E-state index contributed by atoms with van der Waals surface area (Å²) in [6, 6.07) is 10.1. The maximum atomic E-state index is 6.24. The van der Waals surface area contributed by atoms with Gasteiger partial charge < -0.3 is 10.3 Å². The molecule has 0 aliphatic heterocycles. The highest BCUT2D eigenvalue weighted by atomic mass is 35.5. The minimum atomic E-state index is -0.0654. The molecule has 0 unspecified atom stereocenters. The Kier molecular flexibility index (Phi) is 4.97. The Bertz CT molecular complexity index is 812. The van der Waals surface area contributed by atoms with Crippen LogP contribution in [0.3, 0.4) is 0 Å². The molecule has 0 saturated carbocycles. The smallest absolute Gasteiger partial charge is 0.228 e.